The summed E-state index contributed by atoms with van der Waals surface area (Å²) in [6.07, 6.45) is -1.68. The van der Waals surface area contributed by atoms with E-state index >= 15 is 0 Å². The zero-order chi connectivity index (χ0) is 14.9. The summed E-state index contributed by atoms with van der Waals surface area (Å²) in [5.74, 6) is 0.391. The predicted octanol–water partition coefficient (Wildman–Crippen LogP) is -0.935. The number of nitrogens with one attached hydrogen (secondary N) is 1. The number of anilines is 1. The first-order valence-electron chi connectivity index (χ1n) is 6.10. The van der Waals surface area contributed by atoms with Gasteiger partial charge in [0.05, 0.1) is 12.7 Å². The van der Waals surface area contributed by atoms with Gasteiger partial charge in [0.2, 0.25) is 0 Å². The average molecular weight is 280 g/mol. The highest BCUT2D eigenvalue weighted by Gasteiger charge is 2.54. The minimum atomic E-state index is -1.35. The van der Waals surface area contributed by atoms with Crippen molar-refractivity contribution in [2.45, 2.75) is 25.4 Å². The number of aromatic nitrogens is 2. The van der Waals surface area contributed by atoms with Gasteiger partial charge in [0.25, 0.3) is 0 Å². The maximum absolute atomic E-state index is 12.0. The molecule has 0 aromatic carbocycles. The van der Waals surface area contributed by atoms with Crippen molar-refractivity contribution in [2.75, 3.05) is 19.0 Å². The fourth-order valence-corrected chi connectivity index (χ4v) is 2.26. The van der Waals surface area contributed by atoms with Gasteiger partial charge in [-0.05, 0) is 13.0 Å². The van der Waals surface area contributed by atoms with E-state index in [1.54, 1.807) is 13.1 Å². The third kappa shape index (κ3) is 2.06. The first kappa shape index (κ1) is 14.5. The molecular weight excluding hydrogens is 264 g/mol. The molecule has 1 aromatic rings. The summed E-state index contributed by atoms with van der Waals surface area (Å²) in [4.78, 5) is 15.7. The van der Waals surface area contributed by atoms with E-state index in [4.69, 9.17) is 4.74 Å². The number of hydrogen-bond acceptors (Lipinski definition) is 7. The normalized spacial score (nSPS) is 32.9. The Labute approximate surface area is 115 Å². The molecule has 8 heteroatoms. The Morgan fingerprint density at radius 3 is 2.90 bits per heavy atom. The molecule has 1 saturated heterocycles. The molecule has 108 valence electrons. The van der Waals surface area contributed by atoms with Crippen molar-refractivity contribution < 1.29 is 14.9 Å². The molecule has 2 heterocycles. The Balaban J connectivity index is 2.47. The quantitative estimate of drug-likeness (QED) is 0.653. The van der Waals surface area contributed by atoms with E-state index < -0.39 is 36.1 Å². The lowest BCUT2D eigenvalue weighted by Gasteiger charge is -2.25. The minimum absolute atomic E-state index is 0.391. The molecule has 1 fully saturated rings. The average Bonchev–Trinajstić information content (AvgIpc) is 2.72. The van der Waals surface area contributed by atoms with Crippen LogP contribution >= 0.6 is 0 Å². The highest BCUT2D eigenvalue weighted by molar-refractivity contribution is 5.30. The van der Waals surface area contributed by atoms with Crippen molar-refractivity contribution in [2.24, 2.45) is 5.41 Å². The molecule has 3 N–H and O–H groups in total. The summed E-state index contributed by atoms with van der Waals surface area (Å²) in [7, 11) is 1.63. The lowest BCUT2D eigenvalue weighted by Crippen LogP contribution is -2.39. The smallest absolute Gasteiger partial charge is 0.351 e. The van der Waals surface area contributed by atoms with Crippen molar-refractivity contribution >= 4 is 5.82 Å². The van der Waals surface area contributed by atoms with Gasteiger partial charge in [-0.15, -0.1) is 0 Å². The van der Waals surface area contributed by atoms with E-state index in [0.29, 0.717) is 5.82 Å². The first-order valence-corrected chi connectivity index (χ1v) is 6.10. The Hall–Kier alpha value is -1.95. The Morgan fingerprint density at radius 1 is 1.70 bits per heavy atom. The summed E-state index contributed by atoms with van der Waals surface area (Å²) in [6, 6.07) is 3.53. The van der Waals surface area contributed by atoms with Crippen LogP contribution in [0.1, 0.15) is 13.2 Å². The van der Waals surface area contributed by atoms with Crippen LogP contribution in [-0.4, -0.2) is 45.6 Å². The van der Waals surface area contributed by atoms with Crippen molar-refractivity contribution in [3.8, 4) is 6.07 Å². The molecular formula is C12H16N4O4. The Bertz CT molecular complexity index is 596. The largest absolute Gasteiger partial charge is 0.394 e. The molecule has 0 radical (unpaired) electrons. The standard InChI is InChI=1S/C12H16N4O4/c1-12(6-13)9(18)7(5-17)20-10(12)16-4-3-8(14-2)15-11(16)19/h3-4,7,9-10,17-18H,5H2,1-2H3,(H,14,15,19)/t7-,9-,10-,12-/m1/s1. The van der Waals surface area contributed by atoms with Gasteiger partial charge < -0.3 is 20.3 Å². The van der Waals surface area contributed by atoms with Crippen LogP contribution in [0.2, 0.25) is 0 Å². The Kier molecular flexibility index (Phi) is 3.76. The van der Waals surface area contributed by atoms with Gasteiger partial charge in [-0.2, -0.15) is 10.2 Å². The number of nitrogens with zero attached hydrogens (tertiary/aromatic N) is 3. The third-order valence-corrected chi connectivity index (χ3v) is 3.54. The van der Waals surface area contributed by atoms with Crippen molar-refractivity contribution in [3.63, 3.8) is 0 Å². The predicted molar refractivity (Wildman–Crippen MR) is 68.8 cm³/mol. The fraction of sp³-hybridized carbons (Fsp3) is 0.583. The van der Waals surface area contributed by atoms with Crippen molar-refractivity contribution in [1.29, 1.82) is 5.26 Å². The minimum Gasteiger partial charge on any atom is -0.394 e. The monoisotopic (exact) mass is 280 g/mol. The molecule has 1 aliphatic rings. The summed E-state index contributed by atoms with van der Waals surface area (Å²) in [5, 5.41) is 31.3. The summed E-state index contributed by atoms with van der Waals surface area (Å²) in [5.41, 5.74) is -1.95. The van der Waals surface area contributed by atoms with Crippen molar-refractivity contribution in [3.05, 3.63) is 22.7 Å². The zero-order valence-electron chi connectivity index (χ0n) is 11.1. The number of aliphatic hydroxyl groups is 2. The molecule has 0 bridgehead atoms. The first-order chi connectivity index (χ1) is 9.47. The van der Waals surface area contributed by atoms with E-state index in [0.717, 1.165) is 4.57 Å². The topological polar surface area (TPSA) is 120 Å². The van der Waals surface area contributed by atoms with E-state index in [9.17, 15) is 20.3 Å². The number of nitriles is 1. The second-order valence-electron chi connectivity index (χ2n) is 4.80. The SMILES string of the molecule is CNc1ccn([C@@H]2O[C@H](CO)[C@@H](O)[C@@]2(C)C#N)c(=O)n1. The number of hydrogen-bond donors (Lipinski definition) is 3. The highest BCUT2D eigenvalue weighted by Crippen LogP contribution is 2.44. The van der Waals surface area contributed by atoms with Gasteiger partial charge >= 0.3 is 5.69 Å². The molecule has 1 aliphatic heterocycles. The maximum atomic E-state index is 12.0. The number of rotatable bonds is 3. The lowest BCUT2D eigenvalue weighted by molar-refractivity contribution is -0.0503. The second kappa shape index (κ2) is 5.20. The maximum Gasteiger partial charge on any atom is 0.351 e. The van der Waals surface area contributed by atoms with E-state index in [1.165, 1.54) is 13.1 Å². The van der Waals surface area contributed by atoms with Crippen LogP contribution in [0.4, 0.5) is 5.82 Å². The van der Waals surface area contributed by atoms with Crippen LogP contribution < -0.4 is 11.0 Å². The summed E-state index contributed by atoms with van der Waals surface area (Å²) < 4.78 is 6.59. The second-order valence-corrected chi connectivity index (χ2v) is 4.80. The van der Waals surface area contributed by atoms with Crippen LogP contribution in [0, 0.1) is 16.7 Å². The van der Waals surface area contributed by atoms with E-state index in [-0.39, 0.29) is 0 Å². The van der Waals surface area contributed by atoms with Gasteiger partial charge in [-0.25, -0.2) is 4.79 Å². The molecule has 0 aliphatic carbocycles. The highest BCUT2D eigenvalue weighted by atomic mass is 16.5. The summed E-state index contributed by atoms with van der Waals surface area (Å²) >= 11 is 0. The van der Waals surface area contributed by atoms with Crippen molar-refractivity contribution in [1.82, 2.24) is 9.55 Å². The summed E-state index contributed by atoms with van der Waals surface area (Å²) in [6.45, 7) is 1.04. The van der Waals surface area contributed by atoms with Crippen LogP contribution in [-0.2, 0) is 4.74 Å². The van der Waals surface area contributed by atoms with E-state index in [1.807, 2.05) is 6.07 Å². The third-order valence-electron chi connectivity index (χ3n) is 3.54. The molecule has 0 spiro atoms. The molecule has 20 heavy (non-hydrogen) atoms. The van der Waals surface area contributed by atoms with Gasteiger partial charge in [-0.3, -0.25) is 4.57 Å². The van der Waals surface area contributed by atoms with Gasteiger partial charge in [0.1, 0.15) is 23.4 Å². The molecule has 2 rings (SSSR count). The number of aliphatic hydroxyl groups excluding tert-OH is 2. The molecule has 0 amide bonds. The van der Waals surface area contributed by atoms with Gasteiger partial charge in [-0.1, -0.05) is 0 Å². The van der Waals surface area contributed by atoms with Crippen LogP contribution in [0.5, 0.6) is 0 Å². The molecule has 0 unspecified atom stereocenters. The molecule has 1 aromatic heterocycles. The lowest BCUT2D eigenvalue weighted by atomic mass is 9.84. The van der Waals surface area contributed by atoms with Crippen LogP contribution in [0.15, 0.2) is 17.1 Å². The molecule has 8 nitrogen and oxygen atoms in total. The zero-order valence-corrected chi connectivity index (χ0v) is 11.1. The molecule has 0 saturated carbocycles. The number of ether oxygens (including phenoxy) is 1. The van der Waals surface area contributed by atoms with Gasteiger partial charge in [0, 0.05) is 13.2 Å². The van der Waals surface area contributed by atoms with E-state index in [2.05, 4.69) is 10.3 Å². The fourth-order valence-electron chi connectivity index (χ4n) is 2.26. The van der Waals surface area contributed by atoms with Crippen LogP contribution in [0.3, 0.4) is 0 Å². The Morgan fingerprint density at radius 2 is 2.40 bits per heavy atom. The van der Waals surface area contributed by atoms with Gasteiger partial charge in [0.15, 0.2) is 6.23 Å². The molecule has 4 atom stereocenters. The van der Waals surface area contributed by atoms with Crippen LogP contribution in [0.25, 0.3) is 0 Å².